The van der Waals surface area contributed by atoms with Crippen LogP contribution in [0.5, 0.6) is 0 Å². The highest BCUT2D eigenvalue weighted by molar-refractivity contribution is 6.04. The number of hydrogen-bond donors (Lipinski definition) is 0. The van der Waals surface area contributed by atoms with E-state index in [2.05, 4.69) is 215 Å². The van der Waals surface area contributed by atoms with Crippen LogP contribution >= 0.6 is 0 Å². The number of nitrogens with zero attached hydrogens (tertiary/aromatic N) is 1. The molecule has 60 heavy (non-hydrogen) atoms. The minimum atomic E-state index is -0.127. The summed E-state index contributed by atoms with van der Waals surface area (Å²) in [5, 5.41) is 2.72. The van der Waals surface area contributed by atoms with E-state index >= 15 is 0 Å². The molecule has 0 saturated heterocycles. The first-order valence-corrected chi connectivity index (χ1v) is 22.1. The molecule has 8 aromatic rings. The predicted octanol–water partition coefficient (Wildman–Crippen LogP) is 17.0. The summed E-state index contributed by atoms with van der Waals surface area (Å²) in [6, 6.07) is 66.4. The van der Waals surface area contributed by atoms with Crippen molar-refractivity contribution in [1.82, 2.24) is 0 Å². The normalized spacial score (nSPS) is 14.8. The maximum atomic E-state index is 2.55. The SMILES string of the molecule is CC(C)(C)c1ccc(N(c2cccc(-c3cccc4c3C(C)(C)c3ccccc3-4)c2)c2ccccc2-c2cccc3cccc(C4CCCCC4)c23)c(-c2ccccc2)c1. The second-order valence-corrected chi connectivity index (χ2v) is 18.7. The van der Waals surface area contributed by atoms with Gasteiger partial charge >= 0.3 is 0 Å². The van der Waals surface area contributed by atoms with Crippen molar-refractivity contribution >= 4 is 27.8 Å². The van der Waals surface area contributed by atoms with Gasteiger partial charge < -0.3 is 4.90 Å². The van der Waals surface area contributed by atoms with Crippen LogP contribution in [0.1, 0.15) is 94.9 Å². The fourth-order valence-electron chi connectivity index (χ4n) is 10.6. The Morgan fingerprint density at radius 1 is 0.483 bits per heavy atom. The minimum Gasteiger partial charge on any atom is -0.309 e. The third-order valence-electron chi connectivity index (χ3n) is 13.6. The first-order valence-electron chi connectivity index (χ1n) is 22.1. The lowest BCUT2D eigenvalue weighted by Crippen LogP contribution is -2.16. The molecule has 0 amide bonds. The summed E-state index contributed by atoms with van der Waals surface area (Å²) in [7, 11) is 0. The average Bonchev–Trinajstić information content (AvgIpc) is 3.52. The number of hydrogen-bond acceptors (Lipinski definition) is 1. The molecule has 1 heteroatoms. The van der Waals surface area contributed by atoms with Gasteiger partial charge in [-0.15, -0.1) is 0 Å². The molecule has 296 valence electrons. The summed E-state index contributed by atoms with van der Waals surface area (Å²) in [4.78, 5) is 2.55. The van der Waals surface area contributed by atoms with Crippen molar-refractivity contribution in [2.24, 2.45) is 0 Å². The minimum absolute atomic E-state index is 0.0126. The van der Waals surface area contributed by atoms with Crippen LogP contribution in [0.25, 0.3) is 55.3 Å². The maximum Gasteiger partial charge on any atom is 0.0540 e. The molecule has 1 saturated carbocycles. The van der Waals surface area contributed by atoms with Crippen LogP contribution in [-0.4, -0.2) is 0 Å². The van der Waals surface area contributed by atoms with Crippen LogP contribution in [-0.2, 0) is 10.8 Å². The molecule has 10 rings (SSSR count). The van der Waals surface area contributed by atoms with Crippen molar-refractivity contribution in [3.63, 3.8) is 0 Å². The lowest BCUT2D eigenvalue weighted by Gasteiger charge is -2.32. The van der Waals surface area contributed by atoms with E-state index in [1.54, 1.807) is 0 Å². The zero-order valence-electron chi connectivity index (χ0n) is 35.8. The molecule has 0 heterocycles. The van der Waals surface area contributed by atoms with E-state index in [4.69, 9.17) is 0 Å². The first-order chi connectivity index (χ1) is 29.2. The van der Waals surface area contributed by atoms with Crippen molar-refractivity contribution in [3.8, 4) is 44.5 Å². The third kappa shape index (κ3) is 6.56. The van der Waals surface area contributed by atoms with Crippen molar-refractivity contribution in [2.45, 2.75) is 83.5 Å². The predicted molar refractivity (Wildman–Crippen MR) is 257 cm³/mol. The van der Waals surface area contributed by atoms with E-state index in [-0.39, 0.29) is 10.8 Å². The Bertz CT molecular complexity index is 2860. The van der Waals surface area contributed by atoms with Gasteiger partial charge in [0.25, 0.3) is 0 Å². The highest BCUT2D eigenvalue weighted by atomic mass is 15.1. The summed E-state index contributed by atoms with van der Waals surface area (Å²) in [6.45, 7) is 11.7. The number of para-hydroxylation sites is 1. The molecule has 0 N–H and O–H groups in total. The molecule has 0 atom stereocenters. The molecule has 0 radical (unpaired) electrons. The molecule has 1 nitrogen and oxygen atoms in total. The van der Waals surface area contributed by atoms with E-state index in [1.165, 1.54) is 115 Å². The summed E-state index contributed by atoms with van der Waals surface area (Å²) >= 11 is 0. The largest absolute Gasteiger partial charge is 0.309 e. The Morgan fingerprint density at radius 2 is 1.10 bits per heavy atom. The van der Waals surface area contributed by atoms with Crippen molar-refractivity contribution < 1.29 is 0 Å². The molecule has 0 bridgehead atoms. The number of anilines is 3. The Morgan fingerprint density at radius 3 is 1.90 bits per heavy atom. The second kappa shape index (κ2) is 15.1. The van der Waals surface area contributed by atoms with Gasteiger partial charge in [0.15, 0.2) is 0 Å². The van der Waals surface area contributed by atoms with Gasteiger partial charge in [-0.3, -0.25) is 0 Å². The van der Waals surface area contributed by atoms with Gasteiger partial charge in [0.05, 0.1) is 11.4 Å². The maximum absolute atomic E-state index is 2.55. The van der Waals surface area contributed by atoms with Gasteiger partial charge in [-0.25, -0.2) is 0 Å². The smallest absolute Gasteiger partial charge is 0.0540 e. The lowest BCUT2D eigenvalue weighted by atomic mass is 9.79. The van der Waals surface area contributed by atoms with E-state index < -0.39 is 0 Å². The summed E-state index contributed by atoms with van der Waals surface area (Å²) in [6.07, 6.45) is 6.49. The molecular weight excluding hydrogens is 723 g/mol. The van der Waals surface area contributed by atoms with Gasteiger partial charge in [-0.05, 0) is 121 Å². The first kappa shape index (κ1) is 38.0. The van der Waals surface area contributed by atoms with Crippen LogP contribution in [0.4, 0.5) is 17.1 Å². The molecule has 0 spiro atoms. The summed E-state index contributed by atoms with van der Waals surface area (Å²) in [5.41, 5.74) is 19.2. The van der Waals surface area contributed by atoms with Crippen LogP contribution < -0.4 is 4.90 Å². The second-order valence-electron chi connectivity index (χ2n) is 18.7. The van der Waals surface area contributed by atoms with Gasteiger partial charge in [0.2, 0.25) is 0 Å². The summed E-state index contributed by atoms with van der Waals surface area (Å²) in [5.74, 6) is 0.584. The van der Waals surface area contributed by atoms with Crippen LogP contribution in [0.15, 0.2) is 176 Å². The molecule has 2 aliphatic carbocycles. The van der Waals surface area contributed by atoms with Crippen molar-refractivity contribution in [1.29, 1.82) is 0 Å². The Hall–Kier alpha value is -6.18. The third-order valence-corrected chi connectivity index (χ3v) is 13.6. The van der Waals surface area contributed by atoms with Crippen LogP contribution in [0, 0.1) is 0 Å². The standard InChI is InChI=1S/C59H55N/c1-58(2,3)44-36-37-55(52(39-44)41-22-10-7-11-23-41)60(45-27-16-26-43(38-45)47-31-19-33-51-48-28-12-14-34-53(48)59(4,5)57(47)51)54-35-15-13-29-49(54)50-32-18-25-42-24-17-30-46(56(42)50)40-20-8-6-9-21-40/h7,10-19,22-40H,6,8-9,20-21H2,1-5H3. The Labute approximate surface area is 357 Å². The zero-order chi connectivity index (χ0) is 41.0. The van der Waals surface area contributed by atoms with E-state index in [9.17, 15) is 0 Å². The fourth-order valence-corrected chi connectivity index (χ4v) is 10.6. The van der Waals surface area contributed by atoms with Crippen molar-refractivity contribution in [3.05, 3.63) is 198 Å². The molecule has 8 aromatic carbocycles. The average molecular weight is 778 g/mol. The fraction of sp³-hybridized carbons (Fsp3) is 0.220. The van der Waals surface area contributed by atoms with Crippen LogP contribution in [0.3, 0.4) is 0 Å². The Kier molecular flexibility index (Phi) is 9.60. The lowest BCUT2D eigenvalue weighted by molar-refractivity contribution is 0.445. The summed E-state index contributed by atoms with van der Waals surface area (Å²) < 4.78 is 0. The van der Waals surface area contributed by atoms with Crippen molar-refractivity contribution in [2.75, 3.05) is 4.90 Å². The molecule has 0 unspecified atom stereocenters. The zero-order valence-corrected chi connectivity index (χ0v) is 35.8. The number of benzene rings is 8. The van der Waals surface area contributed by atoms with Gasteiger partial charge in [0, 0.05) is 22.2 Å². The highest BCUT2D eigenvalue weighted by Crippen LogP contribution is 2.53. The molecule has 0 aromatic heterocycles. The number of rotatable bonds is 7. The van der Waals surface area contributed by atoms with E-state index in [1.807, 2.05) is 0 Å². The molecular formula is C59H55N. The van der Waals surface area contributed by atoms with Gasteiger partial charge in [-0.2, -0.15) is 0 Å². The monoisotopic (exact) mass is 777 g/mol. The van der Waals surface area contributed by atoms with Gasteiger partial charge in [0.1, 0.15) is 0 Å². The molecule has 1 fully saturated rings. The van der Waals surface area contributed by atoms with Crippen LogP contribution in [0.2, 0.25) is 0 Å². The Balaban J connectivity index is 1.23. The van der Waals surface area contributed by atoms with E-state index in [0.29, 0.717) is 5.92 Å². The van der Waals surface area contributed by atoms with E-state index in [0.717, 1.165) is 11.4 Å². The highest BCUT2D eigenvalue weighted by Gasteiger charge is 2.37. The topological polar surface area (TPSA) is 3.24 Å². The molecule has 2 aliphatic rings. The number of fused-ring (bicyclic) bond motifs is 4. The quantitative estimate of drug-likeness (QED) is 0.156. The molecule has 0 aliphatic heterocycles. The van der Waals surface area contributed by atoms with Gasteiger partial charge in [-0.1, -0.05) is 199 Å².